The number of amides is 4. The van der Waals surface area contributed by atoms with Crippen LogP contribution in [-0.4, -0.2) is 17.8 Å². The van der Waals surface area contributed by atoms with Gasteiger partial charge < -0.3 is 11.1 Å². The first-order chi connectivity index (χ1) is 11.8. The van der Waals surface area contributed by atoms with Gasteiger partial charge in [0.05, 0.1) is 5.56 Å². The lowest BCUT2D eigenvalue weighted by atomic mass is 10.1. The van der Waals surface area contributed by atoms with Crippen molar-refractivity contribution < 1.29 is 14.4 Å². The van der Waals surface area contributed by atoms with Crippen LogP contribution < -0.4 is 16.4 Å². The molecule has 1 aromatic carbocycles. The number of nitrogens with two attached hydrogens (primary N) is 1. The van der Waals surface area contributed by atoms with E-state index in [1.807, 2.05) is 0 Å². The standard InChI is InChI=1S/C16H13Cl2N3O3S/c17-8-4-7(5-9(18)6-8)13(22)20-15-12(14(23)21-16(19)24)10-2-1-3-11(10)25-15/h4-6H,1-3H2,(H,20,22)(H3,19,21,23,24). The van der Waals surface area contributed by atoms with Gasteiger partial charge in [-0.3, -0.25) is 14.9 Å². The lowest BCUT2D eigenvalue weighted by Gasteiger charge is -2.08. The first kappa shape index (κ1) is 17.7. The highest BCUT2D eigenvalue weighted by atomic mass is 35.5. The van der Waals surface area contributed by atoms with Crippen LogP contribution in [0.2, 0.25) is 10.0 Å². The van der Waals surface area contributed by atoms with Crippen LogP contribution in [0.3, 0.4) is 0 Å². The van der Waals surface area contributed by atoms with Gasteiger partial charge in [0, 0.05) is 20.5 Å². The van der Waals surface area contributed by atoms with Crippen molar-refractivity contribution in [3.8, 4) is 0 Å². The molecule has 0 aliphatic heterocycles. The molecule has 0 unspecified atom stereocenters. The maximum absolute atomic E-state index is 12.5. The van der Waals surface area contributed by atoms with Crippen LogP contribution in [0.25, 0.3) is 0 Å². The molecule has 3 rings (SSSR count). The average molecular weight is 398 g/mol. The monoisotopic (exact) mass is 397 g/mol. The van der Waals surface area contributed by atoms with Gasteiger partial charge in [0.2, 0.25) is 0 Å². The van der Waals surface area contributed by atoms with E-state index in [2.05, 4.69) is 10.6 Å². The highest BCUT2D eigenvalue weighted by Crippen LogP contribution is 2.39. The number of nitrogens with one attached hydrogen (secondary N) is 2. The normalized spacial score (nSPS) is 12.6. The van der Waals surface area contributed by atoms with Gasteiger partial charge in [0.25, 0.3) is 11.8 Å². The lowest BCUT2D eigenvalue weighted by molar-refractivity contribution is 0.0966. The van der Waals surface area contributed by atoms with Crippen molar-refractivity contribution in [3.05, 3.63) is 49.8 Å². The zero-order valence-electron chi connectivity index (χ0n) is 12.8. The van der Waals surface area contributed by atoms with Gasteiger partial charge >= 0.3 is 6.03 Å². The quantitative estimate of drug-likeness (QED) is 0.736. The zero-order chi connectivity index (χ0) is 18.1. The summed E-state index contributed by atoms with van der Waals surface area (Å²) in [6.45, 7) is 0. The van der Waals surface area contributed by atoms with Crippen molar-refractivity contribution in [2.24, 2.45) is 5.73 Å². The molecule has 6 nitrogen and oxygen atoms in total. The Kier molecular flexibility index (Phi) is 4.99. The smallest absolute Gasteiger partial charge is 0.319 e. The number of benzene rings is 1. The number of hydrogen-bond acceptors (Lipinski definition) is 4. The van der Waals surface area contributed by atoms with Crippen LogP contribution in [0.4, 0.5) is 9.80 Å². The summed E-state index contributed by atoms with van der Waals surface area (Å²) in [6.07, 6.45) is 2.47. The summed E-state index contributed by atoms with van der Waals surface area (Å²) in [5, 5.41) is 5.82. The van der Waals surface area contributed by atoms with E-state index in [1.54, 1.807) is 0 Å². The minimum atomic E-state index is -0.943. The fourth-order valence-corrected chi connectivity index (χ4v) is 4.57. The van der Waals surface area contributed by atoms with E-state index >= 15 is 0 Å². The number of carbonyl (C=O) groups excluding carboxylic acids is 3. The molecule has 1 aromatic heterocycles. The van der Waals surface area contributed by atoms with Crippen LogP contribution in [0.15, 0.2) is 18.2 Å². The van der Waals surface area contributed by atoms with E-state index in [-0.39, 0.29) is 11.1 Å². The summed E-state index contributed by atoms with van der Waals surface area (Å²) >= 11 is 13.2. The van der Waals surface area contributed by atoms with Crippen LogP contribution in [0.1, 0.15) is 37.6 Å². The fourth-order valence-electron chi connectivity index (χ4n) is 2.77. The highest BCUT2D eigenvalue weighted by Gasteiger charge is 2.28. The van der Waals surface area contributed by atoms with Gasteiger partial charge in [-0.1, -0.05) is 23.2 Å². The van der Waals surface area contributed by atoms with E-state index in [0.717, 1.165) is 23.3 Å². The first-order valence-corrected chi connectivity index (χ1v) is 8.95. The van der Waals surface area contributed by atoms with Crippen LogP contribution in [-0.2, 0) is 12.8 Å². The second-order valence-corrected chi connectivity index (χ2v) is 7.47. The molecule has 0 fully saturated rings. The largest absolute Gasteiger partial charge is 0.351 e. The second-order valence-electron chi connectivity index (χ2n) is 5.49. The Balaban J connectivity index is 1.93. The molecule has 1 aliphatic rings. The molecule has 1 heterocycles. The molecule has 1 aliphatic carbocycles. The van der Waals surface area contributed by atoms with E-state index in [1.165, 1.54) is 29.5 Å². The number of thiophene rings is 1. The summed E-state index contributed by atoms with van der Waals surface area (Å²) in [6, 6.07) is 3.54. The summed E-state index contributed by atoms with van der Waals surface area (Å²) in [7, 11) is 0. The number of imide groups is 1. The molecular weight excluding hydrogens is 385 g/mol. The Hall–Kier alpha value is -2.09. The zero-order valence-corrected chi connectivity index (χ0v) is 15.1. The Morgan fingerprint density at radius 1 is 1.04 bits per heavy atom. The minimum Gasteiger partial charge on any atom is -0.351 e. The number of fused-ring (bicyclic) bond motifs is 1. The molecule has 0 spiro atoms. The SMILES string of the molecule is NC(=O)NC(=O)c1c(NC(=O)c2cc(Cl)cc(Cl)c2)sc2c1CCC2. The Bertz CT molecular complexity index is 875. The molecule has 0 saturated carbocycles. The number of hydrogen-bond donors (Lipinski definition) is 3. The minimum absolute atomic E-state index is 0.271. The van der Waals surface area contributed by atoms with Crippen LogP contribution in [0.5, 0.6) is 0 Å². The topological polar surface area (TPSA) is 101 Å². The van der Waals surface area contributed by atoms with Crippen molar-refractivity contribution in [3.63, 3.8) is 0 Å². The van der Waals surface area contributed by atoms with Gasteiger partial charge in [0.15, 0.2) is 0 Å². The number of halogens is 2. The van der Waals surface area contributed by atoms with Crippen molar-refractivity contribution in [2.75, 3.05) is 5.32 Å². The molecular formula is C16H13Cl2N3O3S. The third kappa shape index (κ3) is 3.78. The van der Waals surface area contributed by atoms with Gasteiger partial charge in [-0.25, -0.2) is 4.79 Å². The lowest BCUT2D eigenvalue weighted by Crippen LogP contribution is -2.35. The molecule has 0 saturated heterocycles. The summed E-state index contributed by atoms with van der Waals surface area (Å²) in [4.78, 5) is 36.9. The molecule has 0 radical (unpaired) electrons. The summed E-state index contributed by atoms with van der Waals surface area (Å²) in [5.41, 5.74) is 6.45. The predicted molar refractivity (Wildman–Crippen MR) is 97.8 cm³/mol. The fraction of sp³-hybridized carbons (Fsp3) is 0.188. The Morgan fingerprint density at radius 2 is 1.72 bits per heavy atom. The summed E-state index contributed by atoms with van der Waals surface area (Å²) < 4.78 is 0. The van der Waals surface area contributed by atoms with E-state index in [9.17, 15) is 14.4 Å². The first-order valence-electron chi connectivity index (χ1n) is 7.38. The van der Waals surface area contributed by atoms with Crippen molar-refractivity contribution in [1.82, 2.24) is 5.32 Å². The number of carbonyl (C=O) groups is 3. The number of aryl methyl sites for hydroxylation is 1. The number of anilines is 1. The average Bonchev–Trinajstić information content (AvgIpc) is 3.05. The molecule has 0 bridgehead atoms. The molecule has 2 aromatic rings. The Labute approximate surface area is 157 Å². The maximum Gasteiger partial charge on any atom is 0.319 e. The number of urea groups is 1. The van der Waals surface area contributed by atoms with Gasteiger partial charge in [-0.05, 0) is 43.0 Å². The van der Waals surface area contributed by atoms with E-state index in [0.29, 0.717) is 21.5 Å². The molecule has 0 atom stereocenters. The predicted octanol–water partition coefficient (Wildman–Crippen LogP) is 3.60. The molecule has 4 N–H and O–H groups in total. The van der Waals surface area contributed by atoms with E-state index < -0.39 is 17.8 Å². The molecule has 130 valence electrons. The van der Waals surface area contributed by atoms with Gasteiger partial charge in [0.1, 0.15) is 5.00 Å². The second kappa shape index (κ2) is 7.03. The van der Waals surface area contributed by atoms with Crippen molar-refractivity contribution in [2.45, 2.75) is 19.3 Å². The third-order valence-corrected chi connectivity index (χ3v) is 5.38. The molecule has 4 amide bonds. The van der Waals surface area contributed by atoms with Crippen LogP contribution in [0, 0.1) is 0 Å². The number of rotatable bonds is 3. The Morgan fingerprint density at radius 3 is 2.36 bits per heavy atom. The van der Waals surface area contributed by atoms with Crippen LogP contribution >= 0.6 is 34.5 Å². The summed E-state index contributed by atoms with van der Waals surface area (Å²) in [5.74, 6) is -1.07. The third-order valence-electron chi connectivity index (χ3n) is 3.74. The number of primary amides is 1. The van der Waals surface area contributed by atoms with Gasteiger partial charge in [-0.2, -0.15) is 0 Å². The molecule has 25 heavy (non-hydrogen) atoms. The molecule has 9 heteroatoms. The van der Waals surface area contributed by atoms with E-state index in [4.69, 9.17) is 28.9 Å². The van der Waals surface area contributed by atoms with Gasteiger partial charge in [-0.15, -0.1) is 11.3 Å². The van der Waals surface area contributed by atoms with Crippen molar-refractivity contribution >= 4 is 57.4 Å². The van der Waals surface area contributed by atoms with Crippen molar-refractivity contribution in [1.29, 1.82) is 0 Å². The highest BCUT2D eigenvalue weighted by molar-refractivity contribution is 7.17. The maximum atomic E-state index is 12.5.